The first kappa shape index (κ1) is 14.7. The summed E-state index contributed by atoms with van der Waals surface area (Å²) >= 11 is 5.62. The van der Waals surface area contributed by atoms with E-state index in [2.05, 4.69) is 10.6 Å². The summed E-state index contributed by atoms with van der Waals surface area (Å²) in [6, 6.07) is 4.15. The molecule has 0 aromatic heterocycles. The zero-order valence-electron chi connectivity index (χ0n) is 10.3. The fraction of sp³-hybridized carbons (Fsp3) is 0.417. The lowest BCUT2D eigenvalue weighted by Crippen LogP contribution is -2.39. The van der Waals surface area contributed by atoms with Gasteiger partial charge in [-0.15, -0.1) is 0 Å². The van der Waals surface area contributed by atoms with Crippen LogP contribution in [0.1, 0.15) is 6.92 Å². The number of benzene rings is 1. The van der Waals surface area contributed by atoms with Crippen LogP contribution in [0.3, 0.4) is 0 Å². The first-order chi connectivity index (χ1) is 8.52. The Balaban J connectivity index is 2.40. The highest BCUT2D eigenvalue weighted by Crippen LogP contribution is 2.18. The van der Waals surface area contributed by atoms with E-state index in [-0.39, 0.29) is 23.5 Å². The van der Waals surface area contributed by atoms with Crippen LogP contribution in [0.25, 0.3) is 0 Å². The number of ether oxygens (including phenoxy) is 1. The number of hydrogen-bond acceptors (Lipinski definition) is 3. The third kappa shape index (κ3) is 4.89. The molecule has 0 aliphatic carbocycles. The molecule has 0 spiro atoms. The summed E-state index contributed by atoms with van der Waals surface area (Å²) in [6.07, 6.45) is 0. The van der Waals surface area contributed by atoms with Gasteiger partial charge in [0.1, 0.15) is 5.82 Å². The minimum absolute atomic E-state index is 0.0214. The smallest absolute Gasteiger partial charge is 0.239 e. The van der Waals surface area contributed by atoms with E-state index in [1.165, 1.54) is 18.2 Å². The molecule has 0 saturated heterocycles. The summed E-state index contributed by atoms with van der Waals surface area (Å²) in [5.41, 5.74) is 0.593. The number of rotatable bonds is 6. The molecule has 18 heavy (non-hydrogen) atoms. The molecule has 1 rings (SSSR count). The highest BCUT2D eigenvalue weighted by Gasteiger charge is 2.07. The molecule has 0 radical (unpaired) electrons. The summed E-state index contributed by atoms with van der Waals surface area (Å²) in [7, 11) is 1.57. The number of carbonyl (C=O) groups is 1. The van der Waals surface area contributed by atoms with E-state index in [0.29, 0.717) is 12.3 Å². The number of amides is 1. The van der Waals surface area contributed by atoms with Crippen molar-refractivity contribution in [2.75, 3.05) is 25.6 Å². The molecular weight excluding hydrogens is 259 g/mol. The number of anilines is 1. The molecule has 1 atom stereocenters. The predicted molar refractivity (Wildman–Crippen MR) is 69.4 cm³/mol. The van der Waals surface area contributed by atoms with Gasteiger partial charge in [-0.1, -0.05) is 11.6 Å². The molecule has 0 saturated carbocycles. The molecule has 0 aliphatic rings. The Morgan fingerprint density at radius 1 is 1.56 bits per heavy atom. The van der Waals surface area contributed by atoms with E-state index in [9.17, 15) is 9.18 Å². The van der Waals surface area contributed by atoms with Crippen LogP contribution in [0.4, 0.5) is 10.1 Å². The maximum atomic E-state index is 12.9. The van der Waals surface area contributed by atoms with Gasteiger partial charge in [0.2, 0.25) is 5.91 Å². The van der Waals surface area contributed by atoms with Gasteiger partial charge in [0.15, 0.2) is 0 Å². The normalized spacial score (nSPS) is 12.0. The highest BCUT2D eigenvalue weighted by molar-refractivity contribution is 6.31. The third-order valence-corrected chi connectivity index (χ3v) is 2.49. The molecule has 2 N–H and O–H groups in total. The number of hydrogen-bond donors (Lipinski definition) is 2. The summed E-state index contributed by atoms with van der Waals surface area (Å²) in [5, 5.41) is 5.62. The molecular formula is C12H16ClFN2O2. The molecule has 100 valence electrons. The Hall–Kier alpha value is -1.33. The van der Waals surface area contributed by atoms with Crippen LogP contribution in [0.2, 0.25) is 5.02 Å². The van der Waals surface area contributed by atoms with E-state index >= 15 is 0 Å². The first-order valence-electron chi connectivity index (χ1n) is 5.50. The maximum Gasteiger partial charge on any atom is 0.239 e. The van der Waals surface area contributed by atoms with Crippen LogP contribution in [-0.4, -0.2) is 32.2 Å². The standard InChI is InChI=1S/C12H16ClFN2O2/c1-8(7-18-2)16-12(17)6-15-9-3-4-11(14)10(13)5-9/h3-5,8,15H,6-7H2,1-2H3,(H,16,17). The van der Waals surface area contributed by atoms with Crippen LogP contribution >= 0.6 is 11.6 Å². The molecule has 0 bridgehead atoms. The fourth-order valence-electron chi connectivity index (χ4n) is 1.41. The number of nitrogens with one attached hydrogen (secondary N) is 2. The van der Waals surface area contributed by atoms with Crippen LogP contribution < -0.4 is 10.6 Å². The second kappa shape index (κ2) is 7.18. The molecule has 6 heteroatoms. The zero-order chi connectivity index (χ0) is 13.5. The maximum absolute atomic E-state index is 12.9. The van der Waals surface area contributed by atoms with Crippen LogP contribution in [0.5, 0.6) is 0 Å². The van der Waals surface area contributed by atoms with Crippen molar-refractivity contribution in [3.8, 4) is 0 Å². The van der Waals surface area contributed by atoms with E-state index < -0.39 is 5.82 Å². The van der Waals surface area contributed by atoms with Gasteiger partial charge in [-0.25, -0.2) is 4.39 Å². The lowest BCUT2D eigenvalue weighted by Gasteiger charge is -2.13. The Bertz CT molecular complexity index is 415. The van der Waals surface area contributed by atoms with E-state index in [0.717, 1.165) is 0 Å². The van der Waals surface area contributed by atoms with E-state index in [4.69, 9.17) is 16.3 Å². The van der Waals surface area contributed by atoms with Crippen molar-refractivity contribution in [2.45, 2.75) is 13.0 Å². The largest absolute Gasteiger partial charge is 0.383 e. The number of carbonyl (C=O) groups excluding carboxylic acids is 1. The monoisotopic (exact) mass is 274 g/mol. The Morgan fingerprint density at radius 2 is 2.28 bits per heavy atom. The lowest BCUT2D eigenvalue weighted by molar-refractivity contribution is -0.120. The number of halogens is 2. The SMILES string of the molecule is COCC(C)NC(=O)CNc1ccc(F)c(Cl)c1. The fourth-order valence-corrected chi connectivity index (χ4v) is 1.59. The molecule has 1 aromatic rings. The summed E-state index contributed by atoms with van der Waals surface area (Å²) < 4.78 is 17.8. The molecule has 1 unspecified atom stereocenters. The van der Waals surface area contributed by atoms with Gasteiger partial charge in [0, 0.05) is 18.8 Å². The van der Waals surface area contributed by atoms with Crippen molar-refractivity contribution in [3.63, 3.8) is 0 Å². The van der Waals surface area contributed by atoms with Gasteiger partial charge in [-0.05, 0) is 25.1 Å². The summed E-state index contributed by atoms with van der Waals surface area (Å²) in [6.45, 7) is 2.39. The van der Waals surface area contributed by atoms with Gasteiger partial charge in [-0.2, -0.15) is 0 Å². The van der Waals surface area contributed by atoms with Gasteiger partial charge in [0.25, 0.3) is 0 Å². The van der Waals surface area contributed by atoms with Crippen molar-refractivity contribution in [2.24, 2.45) is 0 Å². The summed E-state index contributed by atoms with van der Waals surface area (Å²) in [4.78, 5) is 11.5. The molecule has 0 aliphatic heterocycles. The zero-order valence-corrected chi connectivity index (χ0v) is 11.1. The van der Waals surface area contributed by atoms with Crippen molar-refractivity contribution in [1.82, 2.24) is 5.32 Å². The van der Waals surface area contributed by atoms with Crippen molar-refractivity contribution >= 4 is 23.2 Å². The van der Waals surface area contributed by atoms with Gasteiger partial charge in [-0.3, -0.25) is 4.79 Å². The quantitative estimate of drug-likeness (QED) is 0.835. The molecule has 0 fully saturated rings. The van der Waals surface area contributed by atoms with Crippen LogP contribution in [0.15, 0.2) is 18.2 Å². The summed E-state index contributed by atoms with van der Waals surface area (Å²) in [5.74, 6) is -0.652. The molecule has 0 heterocycles. The second-order valence-electron chi connectivity index (χ2n) is 3.91. The first-order valence-corrected chi connectivity index (χ1v) is 5.88. The Kier molecular flexibility index (Phi) is 5.88. The van der Waals surface area contributed by atoms with Crippen LogP contribution in [0, 0.1) is 5.82 Å². The Morgan fingerprint density at radius 3 is 2.89 bits per heavy atom. The Labute approximate surface area is 110 Å². The average Bonchev–Trinajstić information content (AvgIpc) is 2.31. The van der Waals surface area contributed by atoms with Crippen molar-refractivity contribution < 1.29 is 13.9 Å². The number of methoxy groups -OCH3 is 1. The molecule has 4 nitrogen and oxygen atoms in total. The lowest BCUT2D eigenvalue weighted by atomic mass is 10.3. The second-order valence-corrected chi connectivity index (χ2v) is 4.31. The third-order valence-electron chi connectivity index (χ3n) is 2.20. The van der Waals surface area contributed by atoms with Gasteiger partial charge in [0.05, 0.1) is 18.2 Å². The minimum Gasteiger partial charge on any atom is -0.383 e. The van der Waals surface area contributed by atoms with Gasteiger partial charge >= 0.3 is 0 Å². The highest BCUT2D eigenvalue weighted by atomic mass is 35.5. The average molecular weight is 275 g/mol. The molecule has 1 aromatic carbocycles. The van der Waals surface area contributed by atoms with Gasteiger partial charge < -0.3 is 15.4 Å². The van der Waals surface area contributed by atoms with E-state index in [1.807, 2.05) is 6.92 Å². The minimum atomic E-state index is -0.486. The van der Waals surface area contributed by atoms with Crippen molar-refractivity contribution in [1.29, 1.82) is 0 Å². The predicted octanol–water partition coefficient (Wildman–Crippen LogP) is 2.04. The topological polar surface area (TPSA) is 50.4 Å². The molecule has 1 amide bonds. The van der Waals surface area contributed by atoms with Crippen molar-refractivity contribution in [3.05, 3.63) is 29.0 Å². The van der Waals surface area contributed by atoms with E-state index in [1.54, 1.807) is 7.11 Å². The van der Waals surface area contributed by atoms with Crippen LogP contribution in [-0.2, 0) is 9.53 Å².